The van der Waals surface area contributed by atoms with Crippen molar-refractivity contribution in [3.63, 3.8) is 0 Å². The average Bonchev–Trinajstić information content (AvgIpc) is 2.46. The van der Waals surface area contributed by atoms with Crippen molar-refractivity contribution in [1.29, 1.82) is 0 Å². The Bertz CT molecular complexity index is 354. The van der Waals surface area contributed by atoms with Crippen LogP contribution in [0.5, 0.6) is 0 Å². The molecular weight excluding hydrogens is 296 g/mol. The van der Waals surface area contributed by atoms with Crippen molar-refractivity contribution in [3.8, 4) is 0 Å². The van der Waals surface area contributed by atoms with E-state index in [0.29, 0.717) is 32.8 Å². The summed E-state index contributed by atoms with van der Waals surface area (Å²) in [6.45, 7) is 13.5. The predicted octanol–water partition coefficient (Wildman–Crippen LogP) is 1.83. The molecule has 0 fully saturated rings. The maximum Gasteiger partial charge on any atom is 0.410 e. The molecule has 0 aliphatic rings. The van der Waals surface area contributed by atoms with Gasteiger partial charge in [-0.15, -0.1) is 0 Å². The molecule has 0 radical (unpaired) electrons. The van der Waals surface area contributed by atoms with Gasteiger partial charge in [-0.05, 0) is 41.0 Å². The van der Waals surface area contributed by atoms with E-state index in [0.717, 1.165) is 18.9 Å². The number of nitrogens with zero attached hydrogens (tertiary/aromatic N) is 2. The van der Waals surface area contributed by atoms with Gasteiger partial charge in [-0.2, -0.15) is 0 Å². The van der Waals surface area contributed by atoms with Gasteiger partial charge in [0.1, 0.15) is 5.60 Å². The zero-order valence-corrected chi connectivity index (χ0v) is 15.6. The number of hydrogen-bond acceptors (Lipinski definition) is 4. The molecule has 0 spiro atoms. The molecule has 1 amide bonds. The third-order valence-corrected chi connectivity index (χ3v) is 2.83. The van der Waals surface area contributed by atoms with Gasteiger partial charge >= 0.3 is 6.09 Å². The van der Waals surface area contributed by atoms with Crippen LogP contribution in [-0.2, 0) is 9.47 Å². The Morgan fingerprint density at radius 3 is 2.43 bits per heavy atom. The van der Waals surface area contributed by atoms with Crippen molar-refractivity contribution in [1.82, 2.24) is 15.5 Å². The molecule has 0 aromatic heterocycles. The fraction of sp³-hybridized carbons (Fsp3) is 0.875. The first-order chi connectivity index (χ1) is 10.8. The second-order valence-electron chi connectivity index (χ2n) is 6.09. The molecule has 7 heteroatoms. The molecule has 23 heavy (non-hydrogen) atoms. The van der Waals surface area contributed by atoms with Crippen molar-refractivity contribution in [2.24, 2.45) is 4.99 Å². The number of nitrogens with one attached hydrogen (secondary N) is 2. The number of likely N-dealkylation sites (N-methyl/N-ethyl adjacent to an activating group) is 1. The van der Waals surface area contributed by atoms with Crippen LogP contribution in [-0.4, -0.2) is 69.0 Å². The highest BCUT2D eigenvalue weighted by molar-refractivity contribution is 5.79. The second-order valence-corrected chi connectivity index (χ2v) is 6.09. The quantitative estimate of drug-likeness (QED) is 0.383. The summed E-state index contributed by atoms with van der Waals surface area (Å²) in [4.78, 5) is 18.2. The smallest absolute Gasteiger partial charge is 0.410 e. The monoisotopic (exact) mass is 330 g/mol. The molecule has 0 heterocycles. The molecule has 0 atom stereocenters. The summed E-state index contributed by atoms with van der Waals surface area (Å²) in [5.41, 5.74) is -0.477. The number of rotatable bonds is 9. The molecule has 136 valence electrons. The molecule has 0 aromatic carbocycles. The number of aliphatic imine (C=N–C) groups is 1. The van der Waals surface area contributed by atoms with Crippen molar-refractivity contribution < 1.29 is 14.3 Å². The maximum absolute atomic E-state index is 12.1. The van der Waals surface area contributed by atoms with Crippen molar-refractivity contribution in [2.75, 3.05) is 46.4 Å². The first kappa shape index (κ1) is 21.5. The van der Waals surface area contributed by atoms with E-state index in [4.69, 9.17) is 9.47 Å². The largest absolute Gasteiger partial charge is 0.444 e. The molecular formula is C16H34N4O3. The number of methoxy groups -OCH3 is 1. The van der Waals surface area contributed by atoms with Crippen LogP contribution in [0.2, 0.25) is 0 Å². The third-order valence-electron chi connectivity index (χ3n) is 2.83. The van der Waals surface area contributed by atoms with Gasteiger partial charge in [0.05, 0.1) is 0 Å². The number of guanidine groups is 1. The van der Waals surface area contributed by atoms with Crippen LogP contribution in [0.3, 0.4) is 0 Å². The number of ether oxygens (including phenoxy) is 2. The van der Waals surface area contributed by atoms with Gasteiger partial charge < -0.3 is 25.0 Å². The first-order valence-corrected chi connectivity index (χ1v) is 8.33. The molecule has 0 aliphatic heterocycles. The summed E-state index contributed by atoms with van der Waals surface area (Å²) in [7, 11) is 1.68. The van der Waals surface area contributed by atoms with Gasteiger partial charge in [-0.3, -0.25) is 4.99 Å². The Balaban J connectivity index is 4.29. The summed E-state index contributed by atoms with van der Waals surface area (Å²) < 4.78 is 10.4. The van der Waals surface area contributed by atoms with Crippen molar-refractivity contribution in [3.05, 3.63) is 0 Å². The van der Waals surface area contributed by atoms with E-state index < -0.39 is 5.60 Å². The Morgan fingerprint density at radius 2 is 1.91 bits per heavy atom. The van der Waals surface area contributed by atoms with Crippen LogP contribution in [0.4, 0.5) is 4.79 Å². The van der Waals surface area contributed by atoms with Crippen LogP contribution in [0, 0.1) is 0 Å². The fourth-order valence-electron chi connectivity index (χ4n) is 1.76. The summed E-state index contributed by atoms with van der Waals surface area (Å²) >= 11 is 0. The lowest BCUT2D eigenvalue weighted by atomic mass is 10.2. The Labute approximate surface area is 140 Å². The Kier molecular flexibility index (Phi) is 11.2. The van der Waals surface area contributed by atoms with Crippen molar-refractivity contribution in [2.45, 2.75) is 46.6 Å². The van der Waals surface area contributed by atoms with Crippen LogP contribution in [0.1, 0.15) is 41.0 Å². The third kappa shape index (κ3) is 11.7. The highest BCUT2D eigenvalue weighted by Gasteiger charge is 2.20. The van der Waals surface area contributed by atoms with Gasteiger partial charge in [-0.25, -0.2) is 4.79 Å². The molecule has 0 aliphatic carbocycles. The zero-order chi connectivity index (χ0) is 17.7. The summed E-state index contributed by atoms with van der Waals surface area (Å²) in [6, 6.07) is 0. The number of carbonyl (C=O) groups is 1. The molecule has 0 rings (SSSR count). The summed E-state index contributed by atoms with van der Waals surface area (Å²) in [6.07, 6.45) is 0.593. The topological polar surface area (TPSA) is 75.2 Å². The normalized spacial score (nSPS) is 12.0. The molecule has 0 unspecified atom stereocenters. The minimum Gasteiger partial charge on any atom is -0.444 e. The van der Waals surface area contributed by atoms with Crippen LogP contribution in [0.15, 0.2) is 4.99 Å². The van der Waals surface area contributed by atoms with E-state index >= 15 is 0 Å². The first-order valence-electron chi connectivity index (χ1n) is 8.33. The SMILES string of the molecule is CCNC(=NCCCOC)NCCN(CC)C(=O)OC(C)(C)C. The van der Waals surface area contributed by atoms with Crippen LogP contribution < -0.4 is 10.6 Å². The highest BCUT2D eigenvalue weighted by Crippen LogP contribution is 2.09. The second kappa shape index (κ2) is 12.0. The molecule has 2 N–H and O–H groups in total. The molecule has 0 aromatic rings. The van der Waals surface area contributed by atoms with Crippen LogP contribution in [0.25, 0.3) is 0 Å². The minimum absolute atomic E-state index is 0.288. The summed E-state index contributed by atoms with van der Waals surface area (Å²) in [5, 5.41) is 6.41. The van der Waals surface area contributed by atoms with Gasteiger partial charge in [0.2, 0.25) is 0 Å². The predicted molar refractivity (Wildman–Crippen MR) is 94.0 cm³/mol. The zero-order valence-electron chi connectivity index (χ0n) is 15.6. The Morgan fingerprint density at radius 1 is 1.22 bits per heavy atom. The van der Waals surface area contributed by atoms with E-state index in [1.807, 2.05) is 34.6 Å². The standard InChI is InChI=1S/C16H34N4O3/c1-7-17-14(18-10-9-13-22-6)19-11-12-20(8-2)15(21)23-16(3,4)5/h7-13H2,1-6H3,(H2,17,18,19). The Hall–Kier alpha value is -1.50. The van der Waals surface area contributed by atoms with E-state index in [-0.39, 0.29) is 6.09 Å². The lowest BCUT2D eigenvalue weighted by Crippen LogP contribution is -2.44. The highest BCUT2D eigenvalue weighted by atomic mass is 16.6. The minimum atomic E-state index is -0.477. The number of amides is 1. The average molecular weight is 330 g/mol. The van der Waals surface area contributed by atoms with Gasteiger partial charge in [-0.1, -0.05) is 0 Å². The molecule has 0 bridgehead atoms. The number of hydrogen-bond donors (Lipinski definition) is 2. The van der Waals surface area contributed by atoms with Gasteiger partial charge in [0.15, 0.2) is 5.96 Å². The number of carbonyl (C=O) groups excluding carboxylic acids is 1. The molecule has 0 saturated heterocycles. The lowest BCUT2D eigenvalue weighted by Gasteiger charge is -2.26. The van der Waals surface area contributed by atoms with Crippen LogP contribution >= 0.6 is 0 Å². The van der Waals surface area contributed by atoms with Gasteiger partial charge in [0, 0.05) is 46.4 Å². The maximum atomic E-state index is 12.1. The molecule has 0 saturated carbocycles. The van der Waals surface area contributed by atoms with E-state index in [1.54, 1.807) is 12.0 Å². The lowest BCUT2D eigenvalue weighted by molar-refractivity contribution is 0.0264. The van der Waals surface area contributed by atoms with Gasteiger partial charge in [0.25, 0.3) is 0 Å². The van der Waals surface area contributed by atoms with E-state index in [9.17, 15) is 4.79 Å². The van der Waals surface area contributed by atoms with Crippen molar-refractivity contribution >= 4 is 12.1 Å². The summed E-state index contributed by atoms with van der Waals surface area (Å²) in [5.74, 6) is 0.754. The molecule has 7 nitrogen and oxygen atoms in total. The van der Waals surface area contributed by atoms with E-state index in [2.05, 4.69) is 15.6 Å². The van der Waals surface area contributed by atoms with E-state index in [1.165, 1.54) is 0 Å². The fourth-order valence-corrected chi connectivity index (χ4v) is 1.76.